The van der Waals surface area contributed by atoms with Gasteiger partial charge in [0.2, 0.25) is 0 Å². The fourth-order valence-electron chi connectivity index (χ4n) is 2.66. The van der Waals surface area contributed by atoms with Gasteiger partial charge in [-0.05, 0) is 60.8 Å². The van der Waals surface area contributed by atoms with Gasteiger partial charge in [0.15, 0.2) is 5.96 Å². The Bertz CT molecular complexity index is 468. The number of hydrogen-bond acceptors (Lipinski definition) is 4. The molecule has 0 aliphatic carbocycles. The average molecular weight is 371 g/mol. The fraction of sp³-hybridized carbons (Fsp3) is 0.895. The smallest absolute Gasteiger partial charge is 0.410 e. The molecule has 26 heavy (non-hydrogen) atoms. The fourth-order valence-corrected chi connectivity index (χ4v) is 2.66. The summed E-state index contributed by atoms with van der Waals surface area (Å²) in [5.41, 5.74) is -0.626. The molecule has 0 bridgehead atoms. The van der Waals surface area contributed by atoms with E-state index in [-0.39, 0.29) is 17.7 Å². The average Bonchev–Trinajstić information content (AvgIpc) is 2.97. The van der Waals surface area contributed by atoms with Crippen molar-refractivity contribution in [3.63, 3.8) is 0 Å². The van der Waals surface area contributed by atoms with Crippen LogP contribution < -0.4 is 10.6 Å². The van der Waals surface area contributed by atoms with Crippen molar-refractivity contribution in [1.29, 1.82) is 0 Å². The molecule has 7 nitrogen and oxygen atoms in total. The number of nitrogens with zero attached hydrogens (tertiary/aromatic N) is 2. The lowest BCUT2D eigenvalue weighted by atomic mass is 10.0. The first kappa shape index (κ1) is 22.5. The maximum Gasteiger partial charge on any atom is 0.410 e. The molecular weight excluding hydrogens is 332 g/mol. The zero-order valence-corrected chi connectivity index (χ0v) is 17.6. The van der Waals surface area contributed by atoms with Gasteiger partial charge in [0.1, 0.15) is 5.60 Å². The summed E-state index contributed by atoms with van der Waals surface area (Å²) in [5.74, 6) is 0.788. The second kappa shape index (κ2) is 10.00. The molecule has 0 aromatic heterocycles. The highest BCUT2D eigenvalue weighted by Gasteiger charge is 2.29. The standard InChI is InChI=1S/C19H38N4O3/c1-8-20-16(22-14-19(6)11-9-13-25-19)21-12-10-15(2)23(7)17(24)26-18(3,4)5/h15H,8-14H2,1-7H3,(H2,20,21,22). The van der Waals surface area contributed by atoms with Crippen LogP contribution in [-0.4, -0.2) is 67.5 Å². The first-order valence-corrected chi connectivity index (χ1v) is 9.68. The molecule has 2 atom stereocenters. The van der Waals surface area contributed by atoms with Crippen molar-refractivity contribution in [3.05, 3.63) is 0 Å². The summed E-state index contributed by atoms with van der Waals surface area (Å²) < 4.78 is 11.2. The van der Waals surface area contributed by atoms with Crippen molar-refractivity contribution < 1.29 is 14.3 Å². The molecule has 0 saturated carbocycles. The Morgan fingerprint density at radius 3 is 2.62 bits per heavy atom. The minimum atomic E-state index is -0.480. The van der Waals surface area contributed by atoms with Gasteiger partial charge in [-0.15, -0.1) is 0 Å². The summed E-state index contributed by atoms with van der Waals surface area (Å²) in [4.78, 5) is 18.4. The van der Waals surface area contributed by atoms with Gasteiger partial charge in [0.25, 0.3) is 0 Å². The van der Waals surface area contributed by atoms with Crippen molar-refractivity contribution in [2.45, 2.75) is 78.0 Å². The summed E-state index contributed by atoms with van der Waals surface area (Å²) >= 11 is 0. The molecule has 1 aliphatic heterocycles. The van der Waals surface area contributed by atoms with E-state index in [0.717, 1.165) is 44.9 Å². The largest absolute Gasteiger partial charge is 0.444 e. The van der Waals surface area contributed by atoms with E-state index in [1.165, 1.54) is 0 Å². The number of aliphatic imine (C=N–C) groups is 1. The predicted octanol–water partition coefficient (Wildman–Crippen LogP) is 2.76. The van der Waals surface area contributed by atoms with Gasteiger partial charge in [-0.2, -0.15) is 0 Å². The maximum atomic E-state index is 12.1. The van der Waals surface area contributed by atoms with Crippen molar-refractivity contribution >= 4 is 12.1 Å². The summed E-state index contributed by atoms with van der Waals surface area (Å²) in [7, 11) is 1.77. The van der Waals surface area contributed by atoms with E-state index in [1.807, 2.05) is 34.6 Å². The molecule has 1 heterocycles. The number of rotatable bonds is 7. The first-order chi connectivity index (χ1) is 12.1. The first-order valence-electron chi connectivity index (χ1n) is 9.68. The molecule has 1 aliphatic rings. The Hall–Kier alpha value is -1.50. The van der Waals surface area contributed by atoms with Crippen LogP contribution >= 0.6 is 0 Å². The van der Waals surface area contributed by atoms with E-state index in [9.17, 15) is 4.79 Å². The lowest BCUT2D eigenvalue weighted by Crippen LogP contribution is -2.43. The van der Waals surface area contributed by atoms with Crippen molar-refractivity contribution in [2.24, 2.45) is 4.99 Å². The Morgan fingerprint density at radius 2 is 2.08 bits per heavy atom. The van der Waals surface area contributed by atoms with Gasteiger partial charge < -0.3 is 25.0 Å². The van der Waals surface area contributed by atoms with Gasteiger partial charge in [-0.25, -0.2) is 4.79 Å². The second-order valence-electron chi connectivity index (χ2n) is 8.25. The van der Waals surface area contributed by atoms with E-state index in [2.05, 4.69) is 22.5 Å². The molecule has 1 amide bonds. The third kappa shape index (κ3) is 8.25. The van der Waals surface area contributed by atoms with E-state index < -0.39 is 5.60 Å². The molecule has 0 spiro atoms. The third-order valence-corrected chi connectivity index (χ3v) is 4.41. The van der Waals surface area contributed by atoms with E-state index >= 15 is 0 Å². The third-order valence-electron chi connectivity index (χ3n) is 4.41. The quantitative estimate of drug-likeness (QED) is 0.532. The van der Waals surface area contributed by atoms with Crippen LogP contribution in [0.25, 0.3) is 0 Å². The Kier molecular flexibility index (Phi) is 8.67. The lowest BCUT2D eigenvalue weighted by Gasteiger charge is -2.29. The Morgan fingerprint density at radius 1 is 1.38 bits per heavy atom. The zero-order chi connectivity index (χ0) is 19.8. The molecule has 0 aromatic rings. The number of carbonyl (C=O) groups excluding carboxylic acids is 1. The molecule has 7 heteroatoms. The number of amides is 1. The van der Waals surface area contributed by atoms with Crippen LogP contribution in [0.15, 0.2) is 4.99 Å². The number of ether oxygens (including phenoxy) is 2. The van der Waals surface area contributed by atoms with Crippen LogP contribution in [0.3, 0.4) is 0 Å². The topological polar surface area (TPSA) is 75.2 Å². The van der Waals surface area contributed by atoms with Crippen LogP contribution in [0, 0.1) is 0 Å². The van der Waals surface area contributed by atoms with Crippen LogP contribution in [0.2, 0.25) is 0 Å². The monoisotopic (exact) mass is 370 g/mol. The molecule has 2 unspecified atom stereocenters. The molecule has 0 radical (unpaired) electrons. The predicted molar refractivity (Wildman–Crippen MR) is 106 cm³/mol. The normalized spacial score (nSPS) is 22.0. The van der Waals surface area contributed by atoms with Crippen molar-refractivity contribution in [2.75, 3.05) is 33.3 Å². The summed E-state index contributed by atoms with van der Waals surface area (Å²) in [6.45, 7) is 14.8. The van der Waals surface area contributed by atoms with E-state index in [0.29, 0.717) is 6.54 Å². The highest BCUT2D eigenvalue weighted by atomic mass is 16.6. The highest BCUT2D eigenvalue weighted by Crippen LogP contribution is 2.24. The van der Waals surface area contributed by atoms with Crippen LogP contribution in [0.5, 0.6) is 0 Å². The highest BCUT2D eigenvalue weighted by molar-refractivity contribution is 5.79. The summed E-state index contributed by atoms with van der Waals surface area (Å²) in [5, 5.41) is 6.60. The molecule has 152 valence electrons. The van der Waals surface area contributed by atoms with E-state index in [4.69, 9.17) is 9.47 Å². The number of hydrogen-bond donors (Lipinski definition) is 2. The minimum Gasteiger partial charge on any atom is -0.444 e. The number of nitrogens with one attached hydrogen (secondary N) is 2. The maximum absolute atomic E-state index is 12.1. The van der Waals surface area contributed by atoms with Gasteiger partial charge in [-0.1, -0.05) is 0 Å². The molecule has 0 aromatic carbocycles. The molecule has 1 rings (SSSR count). The van der Waals surface area contributed by atoms with Gasteiger partial charge in [-0.3, -0.25) is 4.99 Å². The molecule has 2 N–H and O–H groups in total. The summed E-state index contributed by atoms with van der Waals surface area (Å²) in [6, 6.07) is 0.0657. The van der Waals surface area contributed by atoms with Crippen molar-refractivity contribution in [1.82, 2.24) is 15.5 Å². The zero-order valence-electron chi connectivity index (χ0n) is 17.6. The molecule has 1 saturated heterocycles. The van der Waals surface area contributed by atoms with E-state index in [1.54, 1.807) is 11.9 Å². The van der Waals surface area contributed by atoms with Crippen molar-refractivity contribution in [3.8, 4) is 0 Å². The Balaban J connectivity index is 2.44. The number of guanidine groups is 1. The SMILES string of the molecule is CCNC(=NCC1(C)CCCO1)NCCC(C)N(C)C(=O)OC(C)(C)C. The molecule has 1 fully saturated rings. The van der Waals surface area contributed by atoms with Gasteiger partial charge in [0, 0.05) is 32.8 Å². The number of carbonyl (C=O) groups is 1. The van der Waals surface area contributed by atoms with Crippen LogP contribution in [0.1, 0.15) is 60.8 Å². The molecular formula is C19H38N4O3. The van der Waals surface area contributed by atoms with Gasteiger partial charge in [0.05, 0.1) is 12.1 Å². The Labute approximate surface area is 158 Å². The minimum absolute atomic E-state index is 0.0657. The lowest BCUT2D eigenvalue weighted by molar-refractivity contribution is 0.0229. The van der Waals surface area contributed by atoms with Crippen LogP contribution in [0.4, 0.5) is 4.79 Å². The second-order valence-corrected chi connectivity index (χ2v) is 8.25. The van der Waals surface area contributed by atoms with Gasteiger partial charge >= 0.3 is 6.09 Å². The van der Waals surface area contributed by atoms with Crippen LogP contribution in [-0.2, 0) is 9.47 Å². The summed E-state index contributed by atoms with van der Waals surface area (Å²) in [6.07, 6.45) is 2.66.